The Labute approximate surface area is 131 Å². The summed E-state index contributed by atoms with van der Waals surface area (Å²) in [4.78, 5) is 14.7. The quantitative estimate of drug-likeness (QED) is 0.829. The number of rotatable bonds is 4. The summed E-state index contributed by atoms with van der Waals surface area (Å²) in [6, 6.07) is 5.59. The van der Waals surface area contributed by atoms with Crippen LogP contribution in [0.2, 0.25) is 0 Å². The molecule has 0 bridgehead atoms. The molecule has 1 heterocycles. The van der Waals surface area contributed by atoms with Crippen molar-refractivity contribution in [1.29, 1.82) is 0 Å². The number of piperidine rings is 1. The second-order valence-electron chi connectivity index (χ2n) is 6.49. The van der Waals surface area contributed by atoms with Crippen molar-refractivity contribution in [3.05, 3.63) is 23.8 Å². The molecule has 4 nitrogen and oxygen atoms in total. The monoisotopic (exact) mass is 308 g/mol. The van der Waals surface area contributed by atoms with E-state index in [9.17, 15) is 9.90 Å². The number of aromatic carboxylic acids is 1. The summed E-state index contributed by atoms with van der Waals surface area (Å²) in [6.45, 7) is 8.22. The van der Waals surface area contributed by atoms with Crippen LogP contribution in [0.1, 0.15) is 50.4 Å². The van der Waals surface area contributed by atoms with Crippen LogP contribution in [-0.4, -0.2) is 29.7 Å². The van der Waals surface area contributed by atoms with Crippen molar-refractivity contribution in [3.63, 3.8) is 0 Å². The largest absolute Gasteiger partial charge is 0.478 e. The summed E-state index contributed by atoms with van der Waals surface area (Å²) in [7, 11) is 0. The lowest BCUT2D eigenvalue weighted by molar-refractivity contribution is 0.0697. The molecule has 2 N–H and O–H groups in total. The van der Waals surface area contributed by atoms with Gasteiger partial charge in [0.05, 0.1) is 11.3 Å². The molecule has 21 heavy (non-hydrogen) atoms. The first-order chi connectivity index (χ1) is 9.87. The van der Waals surface area contributed by atoms with E-state index < -0.39 is 5.97 Å². The van der Waals surface area contributed by atoms with Crippen LogP contribution >= 0.6 is 11.9 Å². The van der Waals surface area contributed by atoms with Crippen molar-refractivity contribution in [3.8, 4) is 0 Å². The van der Waals surface area contributed by atoms with Crippen LogP contribution < -0.4 is 9.62 Å². The fourth-order valence-corrected chi connectivity index (χ4v) is 3.09. The first-order valence-electron chi connectivity index (χ1n) is 7.43. The minimum absolute atomic E-state index is 0.0153. The summed E-state index contributed by atoms with van der Waals surface area (Å²) < 4.78 is 3.37. The summed E-state index contributed by atoms with van der Waals surface area (Å²) in [5.41, 5.74) is 1.27. The molecule has 1 aromatic carbocycles. The second kappa shape index (κ2) is 6.71. The van der Waals surface area contributed by atoms with Gasteiger partial charge in [0, 0.05) is 23.5 Å². The van der Waals surface area contributed by atoms with Gasteiger partial charge in [-0.2, -0.15) is 0 Å². The predicted octanol–water partition coefficient (Wildman–Crippen LogP) is 3.77. The van der Waals surface area contributed by atoms with Crippen LogP contribution in [0.25, 0.3) is 0 Å². The lowest BCUT2D eigenvalue weighted by Crippen LogP contribution is -2.31. The fourth-order valence-electron chi connectivity index (χ4n) is 2.36. The van der Waals surface area contributed by atoms with E-state index in [0.717, 1.165) is 36.5 Å². The third-order valence-electron chi connectivity index (χ3n) is 3.37. The molecular weight excluding hydrogens is 284 g/mol. The van der Waals surface area contributed by atoms with Crippen LogP contribution in [0.3, 0.4) is 0 Å². The molecule has 0 atom stereocenters. The maximum atomic E-state index is 11.4. The van der Waals surface area contributed by atoms with E-state index in [2.05, 4.69) is 30.4 Å². The van der Waals surface area contributed by atoms with E-state index in [0.29, 0.717) is 5.56 Å². The molecule has 2 rings (SSSR count). The van der Waals surface area contributed by atoms with Crippen molar-refractivity contribution in [2.24, 2.45) is 0 Å². The van der Waals surface area contributed by atoms with Gasteiger partial charge in [-0.05, 0) is 70.2 Å². The Morgan fingerprint density at radius 2 is 1.90 bits per heavy atom. The van der Waals surface area contributed by atoms with Gasteiger partial charge in [0.1, 0.15) is 0 Å². The van der Waals surface area contributed by atoms with E-state index in [4.69, 9.17) is 0 Å². The molecule has 0 amide bonds. The number of nitrogens with one attached hydrogen (secondary N) is 1. The van der Waals surface area contributed by atoms with Gasteiger partial charge in [0.2, 0.25) is 0 Å². The second-order valence-corrected chi connectivity index (χ2v) is 7.37. The Hall–Kier alpha value is -1.20. The van der Waals surface area contributed by atoms with Gasteiger partial charge in [0.25, 0.3) is 0 Å². The highest BCUT2D eigenvalue weighted by atomic mass is 32.2. The van der Waals surface area contributed by atoms with Gasteiger partial charge in [-0.25, -0.2) is 4.79 Å². The van der Waals surface area contributed by atoms with E-state index in [-0.39, 0.29) is 5.54 Å². The average molecular weight is 308 g/mol. The maximum absolute atomic E-state index is 11.4. The molecule has 0 unspecified atom stereocenters. The summed E-state index contributed by atoms with van der Waals surface area (Å²) in [5.74, 6) is -0.851. The van der Waals surface area contributed by atoms with Crippen LogP contribution in [0, 0.1) is 0 Å². The third kappa shape index (κ3) is 4.64. The zero-order valence-electron chi connectivity index (χ0n) is 13.0. The van der Waals surface area contributed by atoms with Crippen LogP contribution in [0.4, 0.5) is 5.69 Å². The van der Waals surface area contributed by atoms with E-state index in [1.165, 1.54) is 6.42 Å². The van der Waals surface area contributed by atoms with Gasteiger partial charge < -0.3 is 10.0 Å². The number of carboxylic acid groups (broad SMARTS) is 1. The van der Waals surface area contributed by atoms with Crippen LogP contribution in [-0.2, 0) is 0 Å². The molecule has 1 fully saturated rings. The zero-order chi connectivity index (χ0) is 15.5. The Kier molecular flexibility index (Phi) is 5.17. The van der Waals surface area contributed by atoms with Gasteiger partial charge in [-0.1, -0.05) is 0 Å². The molecule has 5 heteroatoms. The fraction of sp³-hybridized carbons (Fsp3) is 0.562. The van der Waals surface area contributed by atoms with Crippen molar-refractivity contribution >= 4 is 23.6 Å². The molecular formula is C16H24N2O2S. The molecule has 1 saturated heterocycles. The Balaban J connectivity index is 2.23. The molecule has 0 saturated carbocycles. The number of benzene rings is 1. The molecule has 1 aliphatic rings. The predicted molar refractivity (Wildman–Crippen MR) is 88.2 cm³/mol. The number of hydrogen-bond acceptors (Lipinski definition) is 4. The summed E-state index contributed by atoms with van der Waals surface area (Å²) in [6.07, 6.45) is 3.51. The average Bonchev–Trinajstić information content (AvgIpc) is 2.45. The molecule has 0 aliphatic carbocycles. The standard InChI is InChI=1S/C16H24N2O2S/c1-16(2,3)17-21-12-7-8-13(15(19)20)14(11-12)18-9-5-4-6-10-18/h7-8,11,17H,4-6,9-10H2,1-3H3,(H,19,20). The number of carbonyl (C=O) groups is 1. The van der Waals surface area contributed by atoms with Crippen molar-refractivity contribution in [2.75, 3.05) is 18.0 Å². The minimum Gasteiger partial charge on any atom is -0.478 e. The van der Waals surface area contributed by atoms with Crippen molar-refractivity contribution in [2.45, 2.75) is 50.5 Å². The molecule has 0 radical (unpaired) electrons. The zero-order valence-corrected chi connectivity index (χ0v) is 13.8. The maximum Gasteiger partial charge on any atom is 0.337 e. The van der Waals surface area contributed by atoms with Crippen LogP contribution in [0.15, 0.2) is 23.1 Å². The van der Waals surface area contributed by atoms with Gasteiger partial charge in [0.15, 0.2) is 0 Å². The molecule has 116 valence electrons. The Morgan fingerprint density at radius 3 is 2.48 bits per heavy atom. The highest BCUT2D eigenvalue weighted by Gasteiger charge is 2.19. The van der Waals surface area contributed by atoms with Gasteiger partial charge in [-0.3, -0.25) is 4.72 Å². The highest BCUT2D eigenvalue weighted by Crippen LogP contribution is 2.29. The smallest absolute Gasteiger partial charge is 0.337 e. The number of anilines is 1. The number of nitrogens with zero attached hydrogens (tertiary/aromatic N) is 1. The topological polar surface area (TPSA) is 52.6 Å². The van der Waals surface area contributed by atoms with E-state index in [1.54, 1.807) is 18.0 Å². The molecule has 1 aromatic rings. The summed E-state index contributed by atoms with van der Waals surface area (Å²) in [5, 5.41) is 9.40. The highest BCUT2D eigenvalue weighted by molar-refractivity contribution is 7.97. The van der Waals surface area contributed by atoms with Gasteiger partial charge >= 0.3 is 5.97 Å². The first kappa shape index (κ1) is 16.2. The lowest BCUT2D eigenvalue weighted by atomic mass is 10.1. The van der Waals surface area contributed by atoms with Crippen molar-refractivity contribution in [1.82, 2.24) is 4.72 Å². The number of hydrogen-bond donors (Lipinski definition) is 2. The Morgan fingerprint density at radius 1 is 1.24 bits per heavy atom. The normalized spacial score (nSPS) is 16.0. The molecule has 0 spiro atoms. The van der Waals surface area contributed by atoms with E-state index in [1.807, 2.05) is 12.1 Å². The minimum atomic E-state index is -0.851. The SMILES string of the molecule is CC(C)(C)NSc1ccc(C(=O)O)c(N2CCCCC2)c1. The Bertz CT molecular complexity index is 505. The van der Waals surface area contributed by atoms with E-state index >= 15 is 0 Å². The van der Waals surface area contributed by atoms with Crippen molar-refractivity contribution < 1.29 is 9.90 Å². The van der Waals surface area contributed by atoms with Gasteiger partial charge in [-0.15, -0.1) is 0 Å². The van der Waals surface area contributed by atoms with Crippen LogP contribution in [0.5, 0.6) is 0 Å². The summed E-state index contributed by atoms with van der Waals surface area (Å²) >= 11 is 1.56. The first-order valence-corrected chi connectivity index (χ1v) is 8.25. The molecule has 0 aromatic heterocycles. The number of carboxylic acids is 1. The lowest BCUT2D eigenvalue weighted by Gasteiger charge is -2.30. The molecule has 1 aliphatic heterocycles. The third-order valence-corrected chi connectivity index (χ3v) is 4.58.